The van der Waals surface area contributed by atoms with E-state index >= 15 is 0 Å². The van der Waals surface area contributed by atoms with Crippen molar-refractivity contribution in [2.45, 2.75) is 31.3 Å². The number of piperidine rings is 1. The third kappa shape index (κ3) is 1.86. The molecule has 11 heavy (non-hydrogen) atoms. The van der Waals surface area contributed by atoms with E-state index < -0.39 is 0 Å². The zero-order chi connectivity index (χ0) is 6.86. The minimum absolute atomic E-state index is 0. The Kier molecular flexibility index (Phi) is 3.16. The van der Waals surface area contributed by atoms with E-state index in [4.69, 9.17) is 4.74 Å². The van der Waals surface area contributed by atoms with Crippen LogP contribution in [0.2, 0.25) is 0 Å². The molecule has 2 heterocycles. The molecular formula is C8H16ClNO. The Bertz CT molecular complexity index is 115. The maximum atomic E-state index is 5.72. The third-order valence-corrected chi connectivity index (χ3v) is 2.62. The first-order chi connectivity index (χ1) is 4.91. The lowest BCUT2D eigenvalue weighted by Gasteiger charge is -2.32. The number of hydrogen-bond acceptors (Lipinski definition) is 2. The minimum atomic E-state index is 0. The highest BCUT2D eigenvalue weighted by molar-refractivity contribution is 5.85. The van der Waals surface area contributed by atoms with Crippen molar-refractivity contribution in [2.75, 3.05) is 19.7 Å². The molecule has 1 spiro atoms. The van der Waals surface area contributed by atoms with Crippen LogP contribution < -0.4 is 5.32 Å². The van der Waals surface area contributed by atoms with E-state index in [-0.39, 0.29) is 18.0 Å². The van der Waals surface area contributed by atoms with Crippen LogP contribution in [0.5, 0.6) is 0 Å². The fourth-order valence-electron chi connectivity index (χ4n) is 2.03. The Labute approximate surface area is 74.1 Å². The largest absolute Gasteiger partial charge is 0.374 e. The molecule has 2 nitrogen and oxygen atoms in total. The van der Waals surface area contributed by atoms with Crippen LogP contribution in [0.3, 0.4) is 0 Å². The van der Waals surface area contributed by atoms with Gasteiger partial charge in [-0.2, -0.15) is 0 Å². The summed E-state index contributed by atoms with van der Waals surface area (Å²) in [5.41, 5.74) is 0.262. The topological polar surface area (TPSA) is 21.3 Å². The molecule has 0 aromatic heterocycles. The van der Waals surface area contributed by atoms with Crippen molar-refractivity contribution >= 4 is 12.4 Å². The Morgan fingerprint density at radius 2 is 2.00 bits per heavy atom. The van der Waals surface area contributed by atoms with Crippen LogP contribution in [0, 0.1) is 0 Å². The van der Waals surface area contributed by atoms with Crippen molar-refractivity contribution in [3.05, 3.63) is 0 Å². The molecule has 3 heteroatoms. The van der Waals surface area contributed by atoms with Gasteiger partial charge in [0.15, 0.2) is 0 Å². The maximum absolute atomic E-state index is 5.72. The van der Waals surface area contributed by atoms with Crippen LogP contribution in [0.1, 0.15) is 25.7 Å². The fourth-order valence-corrected chi connectivity index (χ4v) is 2.03. The summed E-state index contributed by atoms with van der Waals surface area (Å²) in [5, 5.41) is 3.39. The molecule has 1 N–H and O–H groups in total. The lowest BCUT2D eigenvalue weighted by Crippen LogP contribution is -2.44. The number of rotatable bonds is 0. The van der Waals surface area contributed by atoms with Crippen molar-refractivity contribution in [3.8, 4) is 0 Å². The van der Waals surface area contributed by atoms with Crippen LogP contribution >= 0.6 is 12.4 Å². The average Bonchev–Trinajstić information content (AvgIpc) is 2.39. The van der Waals surface area contributed by atoms with E-state index in [9.17, 15) is 0 Å². The third-order valence-electron chi connectivity index (χ3n) is 2.62. The predicted molar refractivity (Wildman–Crippen MR) is 47.3 cm³/mol. The normalized spacial score (nSPS) is 37.1. The molecule has 2 rings (SSSR count). The second-order valence-electron chi connectivity index (χ2n) is 3.42. The molecule has 1 unspecified atom stereocenters. The lowest BCUT2D eigenvalue weighted by molar-refractivity contribution is -0.0137. The van der Waals surface area contributed by atoms with Crippen molar-refractivity contribution in [3.63, 3.8) is 0 Å². The molecule has 0 bridgehead atoms. The van der Waals surface area contributed by atoms with Gasteiger partial charge in [0, 0.05) is 13.2 Å². The maximum Gasteiger partial charge on any atom is 0.0807 e. The number of halogens is 1. The van der Waals surface area contributed by atoms with E-state index in [1.807, 2.05) is 0 Å². The van der Waals surface area contributed by atoms with Gasteiger partial charge < -0.3 is 10.1 Å². The SMILES string of the molecule is C1CNCC2(C1)CCCO2.Cl. The first-order valence-corrected chi connectivity index (χ1v) is 4.26. The average molecular weight is 178 g/mol. The highest BCUT2D eigenvalue weighted by Crippen LogP contribution is 2.31. The number of nitrogens with one attached hydrogen (secondary N) is 1. The van der Waals surface area contributed by atoms with E-state index in [1.165, 1.54) is 32.2 Å². The predicted octanol–water partition coefficient (Wildman–Crippen LogP) is 1.34. The summed E-state index contributed by atoms with van der Waals surface area (Å²) in [6.07, 6.45) is 5.11. The quantitative estimate of drug-likeness (QED) is 0.603. The Morgan fingerprint density at radius 1 is 1.18 bits per heavy atom. The second kappa shape index (κ2) is 3.74. The van der Waals surface area contributed by atoms with E-state index in [2.05, 4.69) is 5.32 Å². The van der Waals surface area contributed by atoms with Crippen LogP contribution in [-0.2, 0) is 4.74 Å². The smallest absolute Gasteiger partial charge is 0.0807 e. The molecule has 0 aromatic carbocycles. The Hall–Kier alpha value is 0.210. The molecule has 2 fully saturated rings. The highest BCUT2D eigenvalue weighted by Gasteiger charge is 2.35. The van der Waals surface area contributed by atoms with Gasteiger partial charge in [0.05, 0.1) is 5.60 Å². The van der Waals surface area contributed by atoms with Gasteiger partial charge in [-0.05, 0) is 32.2 Å². The van der Waals surface area contributed by atoms with Crippen LogP contribution in [-0.4, -0.2) is 25.3 Å². The molecule has 0 aromatic rings. The van der Waals surface area contributed by atoms with Gasteiger partial charge in [-0.15, -0.1) is 12.4 Å². The molecule has 0 amide bonds. The van der Waals surface area contributed by atoms with Crippen molar-refractivity contribution in [1.29, 1.82) is 0 Å². The molecular weight excluding hydrogens is 162 g/mol. The molecule has 0 aliphatic carbocycles. The van der Waals surface area contributed by atoms with Crippen molar-refractivity contribution in [1.82, 2.24) is 5.32 Å². The molecule has 2 aliphatic rings. The molecule has 66 valence electrons. The summed E-state index contributed by atoms with van der Waals surface area (Å²) in [5.74, 6) is 0. The van der Waals surface area contributed by atoms with Crippen molar-refractivity contribution < 1.29 is 4.74 Å². The van der Waals surface area contributed by atoms with E-state index in [1.54, 1.807) is 0 Å². The zero-order valence-corrected chi connectivity index (χ0v) is 7.58. The summed E-state index contributed by atoms with van der Waals surface area (Å²) >= 11 is 0. The van der Waals surface area contributed by atoms with Gasteiger partial charge in [-0.1, -0.05) is 0 Å². The minimum Gasteiger partial charge on any atom is -0.374 e. The number of hydrogen-bond donors (Lipinski definition) is 1. The number of ether oxygens (including phenoxy) is 1. The summed E-state index contributed by atoms with van der Waals surface area (Å²) in [4.78, 5) is 0. The standard InChI is InChI=1S/C8H15NO.ClH/c1-3-8(7-9-5-1)4-2-6-10-8;/h9H,1-7H2;1H. The monoisotopic (exact) mass is 177 g/mol. The van der Waals surface area contributed by atoms with Gasteiger partial charge in [-0.3, -0.25) is 0 Å². The summed E-state index contributed by atoms with van der Waals surface area (Å²) in [6.45, 7) is 3.26. The Balaban J connectivity index is 0.000000605. The fraction of sp³-hybridized carbons (Fsp3) is 1.00. The molecule has 2 saturated heterocycles. The van der Waals surface area contributed by atoms with Crippen LogP contribution in [0.4, 0.5) is 0 Å². The second-order valence-corrected chi connectivity index (χ2v) is 3.42. The summed E-state index contributed by atoms with van der Waals surface area (Å²) in [7, 11) is 0. The van der Waals surface area contributed by atoms with Crippen molar-refractivity contribution in [2.24, 2.45) is 0 Å². The van der Waals surface area contributed by atoms with E-state index in [0.29, 0.717) is 0 Å². The summed E-state index contributed by atoms with van der Waals surface area (Å²) in [6, 6.07) is 0. The van der Waals surface area contributed by atoms with Crippen LogP contribution in [0.15, 0.2) is 0 Å². The zero-order valence-electron chi connectivity index (χ0n) is 6.77. The first kappa shape index (κ1) is 9.30. The van der Waals surface area contributed by atoms with Gasteiger partial charge in [-0.25, -0.2) is 0 Å². The molecule has 1 atom stereocenters. The first-order valence-electron chi connectivity index (χ1n) is 4.26. The van der Waals surface area contributed by atoms with Gasteiger partial charge in [0.25, 0.3) is 0 Å². The molecule has 0 radical (unpaired) electrons. The summed E-state index contributed by atoms with van der Waals surface area (Å²) < 4.78 is 5.72. The van der Waals surface area contributed by atoms with Crippen LogP contribution in [0.25, 0.3) is 0 Å². The highest BCUT2D eigenvalue weighted by atomic mass is 35.5. The van der Waals surface area contributed by atoms with Gasteiger partial charge in [0.1, 0.15) is 0 Å². The van der Waals surface area contributed by atoms with Gasteiger partial charge >= 0.3 is 0 Å². The van der Waals surface area contributed by atoms with E-state index in [0.717, 1.165) is 13.2 Å². The lowest BCUT2D eigenvalue weighted by atomic mass is 9.91. The molecule has 2 aliphatic heterocycles. The Morgan fingerprint density at radius 3 is 2.55 bits per heavy atom. The molecule has 0 saturated carbocycles. The van der Waals surface area contributed by atoms with Gasteiger partial charge in [0.2, 0.25) is 0 Å².